The van der Waals surface area contributed by atoms with Crippen molar-refractivity contribution in [3.63, 3.8) is 0 Å². The minimum absolute atomic E-state index is 0.136. The van der Waals surface area contributed by atoms with Crippen LogP contribution in [-0.2, 0) is 24.5 Å². The molecule has 0 aliphatic heterocycles. The Balaban J connectivity index is 1.76. The molecule has 35 heavy (non-hydrogen) atoms. The first-order valence-electron chi connectivity index (χ1n) is 11.4. The molecule has 2 aliphatic rings. The molecule has 0 aromatic heterocycles. The molecule has 0 radical (unpaired) electrons. The number of fused-ring (bicyclic) bond motifs is 1. The molecule has 0 heterocycles. The molecule has 0 amide bonds. The van der Waals surface area contributed by atoms with E-state index in [1.165, 1.54) is 30.3 Å². The van der Waals surface area contributed by atoms with Gasteiger partial charge in [-0.1, -0.05) is 66.7 Å². The topological polar surface area (TPSA) is 85.3 Å². The molecular formula is C28H24O5S2. The third-order valence-corrected chi connectivity index (χ3v) is 10.8. The fourth-order valence-electron chi connectivity index (χ4n) is 5.04. The van der Waals surface area contributed by atoms with Crippen molar-refractivity contribution in [3.05, 3.63) is 119 Å². The van der Waals surface area contributed by atoms with Crippen molar-refractivity contribution < 1.29 is 21.6 Å². The lowest BCUT2D eigenvalue weighted by Gasteiger charge is -2.22. The Morgan fingerprint density at radius 3 is 1.83 bits per heavy atom. The second kappa shape index (κ2) is 9.06. The Morgan fingerprint density at radius 1 is 0.686 bits per heavy atom. The zero-order valence-electron chi connectivity index (χ0n) is 18.9. The normalized spacial score (nSPS) is 20.8. The van der Waals surface area contributed by atoms with Gasteiger partial charge in [-0.2, -0.15) is 0 Å². The van der Waals surface area contributed by atoms with Gasteiger partial charge in [0, 0.05) is 0 Å². The maximum atomic E-state index is 13.8. The van der Waals surface area contributed by atoms with E-state index in [0.29, 0.717) is 23.1 Å². The molecule has 5 rings (SSSR count). The SMILES string of the molecule is O=C1C=C2C(=C(S(=O)(=O)c3ccccc3)CCCC2S(=O)(=O)c2ccccc2)C1c1ccccc1. The van der Waals surface area contributed by atoms with Gasteiger partial charge in [0.1, 0.15) is 0 Å². The molecule has 0 bridgehead atoms. The number of carbonyl (C=O) groups is 1. The summed E-state index contributed by atoms with van der Waals surface area (Å²) in [5.41, 5.74) is 1.28. The fourth-order valence-corrected chi connectivity index (χ4v) is 8.65. The van der Waals surface area contributed by atoms with E-state index in [-0.39, 0.29) is 33.3 Å². The highest BCUT2D eigenvalue weighted by Crippen LogP contribution is 2.48. The van der Waals surface area contributed by atoms with E-state index in [1.54, 1.807) is 60.7 Å². The van der Waals surface area contributed by atoms with Crippen LogP contribution in [0.3, 0.4) is 0 Å². The van der Waals surface area contributed by atoms with Crippen LogP contribution in [0.5, 0.6) is 0 Å². The van der Waals surface area contributed by atoms with Gasteiger partial charge in [-0.15, -0.1) is 0 Å². The summed E-state index contributed by atoms with van der Waals surface area (Å²) in [6, 6.07) is 25.2. The average molecular weight is 505 g/mol. The second-order valence-electron chi connectivity index (χ2n) is 8.74. The Morgan fingerprint density at radius 2 is 1.23 bits per heavy atom. The van der Waals surface area contributed by atoms with Crippen LogP contribution in [0.4, 0.5) is 0 Å². The van der Waals surface area contributed by atoms with E-state index in [0.717, 1.165) is 0 Å². The molecule has 0 spiro atoms. The van der Waals surface area contributed by atoms with Gasteiger partial charge in [-0.25, -0.2) is 16.8 Å². The van der Waals surface area contributed by atoms with Crippen molar-refractivity contribution >= 4 is 25.5 Å². The second-order valence-corrected chi connectivity index (χ2v) is 12.8. The first kappa shape index (κ1) is 23.5. The number of benzene rings is 3. The van der Waals surface area contributed by atoms with E-state index in [9.17, 15) is 21.6 Å². The van der Waals surface area contributed by atoms with E-state index >= 15 is 0 Å². The van der Waals surface area contributed by atoms with Crippen molar-refractivity contribution in [2.45, 2.75) is 40.2 Å². The summed E-state index contributed by atoms with van der Waals surface area (Å²) >= 11 is 0. The molecule has 0 fully saturated rings. The summed E-state index contributed by atoms with van der Waals surface area (Å²) in [7, 11) is -7.80. The number of allylic oxidation sites excluding steroid dienone is 3. The molecule has 3 aromatic rings. The van der Waals surface area contributed by atoms with Crippen LogP contribution in [0.2, 0.25) is 0 Å². The smallest absolute Gasteiger partial charge is 0.203 e. The number of carbonyl (C=O) groups excluding carboxylic acids is 1. The number of hydrogen-bond acceptors (Lipinski definition) is 5. The number of sulfone groups is 2. The molecule has 2 atom stereocenters. The van der Waals surface area contributed by atoms with Gasteiger partial charge >= 0.3 is 0 Å². The van der Waals surface area contributed by atoms with Gasteiger partial charge in [-0.3, -0.25) is 4.79 Å². The van der Waals surface area contributed by atoms with Gasteiger partial charge in [0.15, 0.2) is 15.6 Å². The highest BCUT2D eigenvalue weighted by Gasteiger charge is 2.45. The van der Waals surface area contributed by atoms with Crippen LogP contribution >= 0.6 is 0 Å². The van der Waals surface area contributed by atoms with Gasteiger partial charge in [0.2, 0.25) is 9.84 Å². The van der Waals surface area contributed by atoms with Crippen LogP contribution < -0.4 is 0 Å². The van der Waals surface area contributed by atoms with Crippen LogP contribution in [0.25, 0.3) is 0 Å². The highest BCUT2D eigenvalue weighted by atomic mass is 32.2. The highest BCUT2D eigenvalue weighted by molar-refractivity contribution is 7.95. The molecule has 7 heteroatoms. The first-order valence-corrected chi connectivity index (χ1v) is 14.5. The molecule has 2 unspecified atom stereocenters. The minimum atomic E-state index is -3.95. The maximum absolute atomic E-state index is 13.8. The summed E-state index contributed by atoms with van der Waals surface area (Å²) in [6.07, 6.45) is 2.13. The number of ketones is 1. The van der Waals surface area contributed by atoms with E-state index in [2.05, 4.69) is 0 Å². The van der Waals surface area contributed by atoms with Crippen LogP contribution in [0, 0.1) is 0 Å². The van der Waals surface area contributed by atoms with Gasteiger partial charge < -0.3 is 0 Å². The van der Waals surface area contributed by atoms with Crippen LogP contribution in [-0.4, -0.2) is 27.9 Å². The Kier molecular flexibility index (Phi) is 6.07. The van der Waals surface area contributed by atoms with Gasteiger partial charge in [-0.05, 0) is 66.3 Å². The lowest BCUT2D eigenvalue weighted by Crippen LogP contribution is -2.24. The Hall–Kier alpha value is -3.29. The molecule has 3 aromatic carbocycles. The molecular weight excluding hydrogens is 480 g/mol. The predicted molar refractivity (Wildman–Crippen MR) is 134 cm³/mol. The standard InChI is InChI=1S/C28H24O5S2/c29-24-19-23-25(34(30,31)21-13-6-2-7-14-21)17-10-18-26(35(32,33)22-15-8-3-9-16-22)28(23)27(24)20-11-4-1-5-12-20/h1-9,11-16,19,25,27H,10,17-18H2. The molecule has 0 saturated heterocycles. The average Bonchev–Trinajstić information content (AvgIpc) is 3.08. The monoisotopic (exact) mass is 504 g/mol. The summed E-state index contributed by atoms with van der Waals surface area (Å²) in [4.78, 5) is 13.8. The van der Waals surface area contributed by atoms with Crippen molar-refractivity contribution in [2.24, 2.45) is 0 Å². The Bertz CT molecular complexity index is 1540. The van der Waals surface area contributed by atoms with E-state index in [4.69, 9.17) is 0 Å². The predicted octanol–water partition coefficient (Wildman–Crippen LogP) is 5.03. The summed E-state index contributed by atoms with van der Waals surface area (Å²) < 4.78 is 55.2. The summed E-state index contributed by atoms with van der Waals surface area (Å²) in [5, 5.41) is -0.999. The zero-order valence-corrected chi connectivity index (χ0v) is 20.5. The summed E-state index contributed by atoms with van der Waals surface area (Å²) in [6.45, 7) is 0. The first-order chi connectivity index (χ1) is 16.8. The quantitative estimate of drug-likeness (QED) is 0.486. The van der Waals surface area contributed by atoms with E-state index in [1.807, 2.05) is 6.07 Å². The fraction of sp³-hybridized carbons (Fsp3) is 0.179. The van der Waals surface area contributed by atoms with Gasteiger partial charge in [0.25, 0.3) is 0 Å². The minimum Gasteiger partial charge on any atom is -0.294 e. The van der Waals surface area contributed by atoms with Gasteiger partial charge in [0.05, 0.1) is 25.9 Å². The van der Waals surface area contributed by atoms with Crippen molar-refractivity contribution in [2.75, 3.05) is 0 Å². The van der Waals surface area contributed by atoms with Crippen molar-refractivity contribution in [1.82, 2.24) is 0 Å². The molecule has 0 N–H and O–H groups in total. The van der Waals surface area contributed by atoms with Crippen molar-refractivity contribution in [1.29, 1.82) is 0 Å². The third-order valence-electron chi connectivity index (χ3n) is 6.66. The number of hydrogen-bond donors (Lipinski definition) is 0. The van der Waals surface area contributed by atoms with Crippen molar-refractivity contribution in [3.8, 4) is 0 Å². The maximum Gasteiger partial charge on any atom is 0.203 e. The molecule has 0 saturated carbocycles. The van der Waals surface area contributed by atoms with Crippen LogP contribution in [0.15, 0.2) is 123 Å². The Labute approximate surface area is 205 Å². The lowest BCUT2D eigenvalue weighted by atomic mass is 9.89. The van der Waals surface area contributed by atoms with Crippen LogP contribution in [0.1, 0.15) is 30.7 Å². The summed E-state index contributed by atoms with van der Waals surface area (Å²) in [5.74, 6) is -1.15. The molecule has 5 nitrogen and oxygen atoms in total. The third kappa shape index (κ3) is 4.09. The number of rotatable bonds is 5. The molecule has 2 aliphatic carbocycles. The lowest BCUT2D eigenvalue weighted by molar-refractivity contribution is -0.114. The zero-order chi connectivity index (χ0) is 24.6. The van der Waals surface area contributed by atoms with E-state index < -0.39 is 30.8 Å². The largest absolute Gasteiger partial charge is 0.294 e. The molecule has 178 valence electrons.